The molecule has 0 bridgehead atoms. The summed E-state index contributed by atoms with van der Waals surface area (Å²) in [7, 11) is 1.57. The highest BCUT2D eigenvalue weighted by molar-refractivity contribution is 6.36. The van der Waals surface area contributed by atoms with Crippen molar-refractivity contribution in [2.75, 3.05) is 12.4 Å². The number of halogens is 3. The molecule has 0 unspecified atom stereocenters. The molecule has 0 atom stereocenters. The maximum atomic E-state index is 13.7. The molecule has 2 aromatic rings. The summed E-state index contributed by atoms with van der Waals surface area (Å²) in [5.41, 5.74) is -0.533. The zero-order chi connectivity index (χ0) is 15.6. The fourth-order valence-electron chi connectivity index (χ4n) is 1.54. The Morgan fingerprint density at radius 2 is 2.10 bits per heavy atom. The smallest absolute Gasteiger partial charge is 0.314 e. The lowest BCUT2D eigenvalue weighted by molar-refractivity contribution is -0.385. The van der Waals surface area contributed by atoms with Gasteiger partial charge in [0.1, 0.15) is 10.8 Å². The van der Waals surface area contributed by atoms with E-state index in [0.29, 0.717) is 0 Å². The van der Waals surface area contributed by atoms with Crippen molar-refractivity contribution in [3.8, 4) is 11.6 Å². The fourth-order valence-corrected chi connectivity index (χ4v) is 2.03. The third-order valence-electron chi connectivity index (χ3n) is 2.48. The third-order valence-corrected chi connectivity index (χ3v) is 3.03. The van der Waals surface area contributed by atoms with E-state index in [2.05, 4.69) is 10.3 Å². The molecule has 9 heteroatoms. The number of rotatable bonds is 4. The molecule has 6 nitrogen and oxygen atoms in total. The maximum Gasteiger partial charge on any atom is 0.314 e. The maximum absolute atomic E-state index is 13.7. The Morgan fingerprint density at radius 1 is 1.38 bits per heavy atom. The van der Waals surface area contributed by atoms with Gasteiger partial charge < -0.3 is 10.1 Å². The van der Waals surface area contributed by atoms with Gasteiger partial charge in [0.2, 0.25) is 11.6 Å². The molecule has 1 heterocycles. The van der Waals surface area contributed by atoms with Crippen LogP contribution in [0, 0.1) is 15.9 Å². The average Bonchev–Trinajstić information content (AvgIpc) is 2.43. The van der Waals surface area contributed by atoms with Crippen LogP contribution >= 0.6 is 23.2 Å². The Morgan fingerprint density at radius 3 is 2.71 bits per heavy atom. The molecule has 0 saturated heterocycles. The lowest BCUT2D eigenvalue weighted by atomic mass is 10.3. The summed E-state index contributed by atoms with van der Waals surface area (Å²) in [5.74, 6) is -1.42. The monoisotopic (exact) mass is 331 g/mol. The molecular formula is C12H8Cl2FN3O3. The number of pyridine rings is 1. The molecule has 0 saturated carbocycles. The summed E-state index contributed by atoms with van der Waals surface area (Å²) in [6, 6.07) is 4.69. The second-order valence-corrected chi connectivity index (χ2v) is 4.62. The highest BCUT2D eigenvalue weighted by Gasteiger charge is 2.22. The van der Waals surface area contributed by atoms with Gasteiger partial charge >= 0.3 is 5.69 Å². The van der Waals surface area contributed by atoms with Gasteiger partial charge in [-0.25, -0.2) is 4.39 Å². The second kappa shape index (κ2) is 6.11. The number of nitro groups is 1. The van der Waals surface area contributed by atoms with E-state index in [1.165, 1.54) is 12.1 Å². The fraction of sp³-hybridized carbons (Fsp3) is 0.0833. The van der Waals surface area contributed by atoms with E-state index in [4.69, 9.17) is 27.9 Å². The standard InChI is InChI=1S/C12H8Cl2FN3O3/c1-16-11-6(13)5-7(14)12(17-11)21-10-8(15)3-2-4-9(10)18(19)20/h2-5H,1H3,(H,16,17). The minimum atomic E-state index is -0.900. The van der Waals surface area contributed by atoms with E-state index in [9.17, 15) is 14.5 Å². The van der Waals surface area contributed by atoms with Crippen molar-refractivity contribution >= 4 is 34.7 Å². The molecule has 0 aliphatic heterocycles. The van der Waals surface area contributed by atoms with Crippen LogP contribution in [0.3, 0.4) is 0 Å². The molecule has 2 rings (SSSR count). The van der Waals surface area contributed by atoms with Gasteiger partial charge in [-0.15, -0.1) is 0 Å². The SMILES string of the molecule is CNc1nc(Oc2c(F)cccc2[N+](=O)[O-])c(Cl)cc1Cl. The van der Waals surface area contributed by atoms with Crippen LogP contribution in [0.5, 0.6) is 11.6 Å². The second-order valence-electron chi connectivity index (χ2n) is 3.80. The number of hydrogen-bond donors (Lipinski definition) is 1. The number of nitrogens with one attached hydrogen (secondary N) is 1. The van der Waals surface area contributed by atoms with Crippen molar-refractivity contribution in [3.05, 3.63) is 50.2 Å². The summed E-state index contributed by atoms with van der Waals surface area (Å²) >= 11 is 11.8. The van der Waals surface area contributed by atoms with Crippen LogP contribution < -0.4 is 10.1 Å². The normalized spacial score (nSPS) is 10.3. The van der Waals surface area contributed by atoms with E-state index >= 15 is 0 Å². The van der Waals surface area contributed by atoms with Crippen LogP contribution in [0.1, 0.15) is 0 Å². The molecule has 21 heavy (non-hydrogen) atoms. The minimum absolute atomic E-state index is 0.00319. The number of hydrogen-bond acceptors (Lipinski definition) is 5. The predicted octanol–water partition coefficient (Wildman–Crippen LogP) is 4.27. The number of benzene rings is 1. The molecule has 1 aromatic carbocycles. The summed E-state index contributed by atoms with van der Waals surface area (Å²) in [6.07, 6.45) is 0. The zero-order valence-corrected chi connectivity index (χ0v) is 12.1. The van der Waals surface area contributed by atoms with Gasteiger partial charge in [-0.05, 0) is 12.1 Å². The summed E-state index contributed by atoms with van der Waals surface area (Å²) in [5, 5.41) is 13.8. The highest BCUT2D eigenvalue weighted by Crippen LogP contribution is 2.38. The van der Waals surface area contributed by atoms with Crippen molar-refractivity contribution in [2.24, 2.45) is 0 Å². The van der Waals surface area contributed by atoms with Gasteiger partial charge in [0.15, 0.2) is 5.82 Å². The van der Waals surface area contributed by atoms with E-state index in [1.54, 1.807) is 7.05 Å². The van der Waals surface area contributed by atoms with Crippen LogP contribution in [-0.4, -0.2) is 17.0 Å². The first kappa shape index (κ1) is 15.3. The van der Waals surface area contributed by atoms with Crippen LogP contribution in [0.4, 0.5) is 15.9 Å². The quantitative estimate of drug-likeness (QED) is 0.668. The molecular weight excluding hydrogens is 324 g/mol. The topological polar surface area (TPSA) is 77.3 Å². The van der Waals surface area contributed by atoms with Gasteiger partial charge in [0, 0.05) is 13.1 Å². The summed E-state index contributed by atoms with van der Waals surface area (Å²) in [4.78, 5) is 14.1. The summed E-state index contributed by atoms with van der Waals surface area (Å²) < 4.78 is 18.9. The number of nitrogens with zero attached hydrogens (tertiary/aromatic N) is 2. The lowest BCUT2D eigenvalue weighted by Gasteiger charge is -2.10. The van der Waals surface area contributed by atoms with Crippen molar-refractivity contribution < 1.29 is 14.1 Å². The van der Waals surface area contributed by atoms with Crippen LogP contribution in [0.25, 0.3) is 0 Å². The van der Waals surface area contributed by atoms with Crippen molar-refractivity contribution in [2.45, 2.75) is 0 Å². The summed E-state index contributed by atoms with van der Waals surface area (Å²) in [6.45, 7) is 0. The number of anilines is 1. The first-order valence-corrected chi connectivity index (χ1v) is 6.34. The Kier molecular flexibility index (Phi) is 4.44. The Bertz CT molecular complexity index is 712. The number of aromatic nitrogens is 1. The van der Waals surface area contributed by atoms with Crippen LogP contribution in [0.2, 0.25) is 10.0 Å². The number of ether oxygens (including phenoxy) is 1. The van der Waals surface area contributed by atoms with E-state index in [1.807, 2.05) is 0 Å². The molecule has 0 aliphatic rings. The van der Waals surface area contributed by atoms with Crippen molar-refractivity contribution in [1.29, 1.82) is 0 Å². The molecule has 1 aromatic heterocycles. The molecule has 0 spiro atoms. The van der Waals surface area contributed by atoms with Gasteiger partial charge in [-0.3, -0.25) is 10.1 Å². The third kappa shape index (κ3) is 3.14. The van der Waals surface area contributed by atoms with Crippen LogP contribution in [0.15, 0.2) is 24.3 Å². The molecule has 1 N–H and O–H groups in total. The van der Waals surface area contributed by atoms with Crippen molar-refractivity contribution in [3.63, 3.8) is 0 Å². The van der Waals surface area contributed by atoms with Crippen molar-refractivity contribution in [1.82, 2.24) is 4.98 Å². The van der Waals surface area contributed by atoms with E-state index < -0.39 is 22.2 Å². The number of para-hydroxylation sites is 1. The molecule has 0 fully saturated rings. The Balaban J connectivity index is 2.50. The zero-order valence-electron chi connectivity index (χ0n) is 10.6. The molecule has 0 amide bonds. The van der Waals surface area contributed by atoms with Gasteiger partial charge in [-0.2, -0.15) is 4.98 Å². The first-order chi connectivity index (χ1) is 9.93. The largest absolute Gasteiger partial charge is 0.427 e. The van der Waals surface area contributed by atoms with Gasteiger partial charge in [0.25, 0.3) is 0 Å². The minimum Gasteiger partial charge on any atom is -0.427 e. The van der Waals surface area contributed by atoms with Crippen LogP contribution in [-0.2, 0) is 0 Å². The first-order valence-electron chi connectivity index (χ1n) is 5.58. The van der Waals surface area contributed by atoms with Gasteiger partial charge in [-0.1, -0.05) is 29.3 Å². The average molecular weight is 332 g/mol. The Labute approximate surface area is 128 Å². The predicted molar refractivity (Wildman–Crippen MR) is 76.9 cm³/mol. The van der Waals surface area contributed by atoms with E-state index in [0.717, 1.165) is 12.1 Å². The molecule has 0 aliphatic carbocycles. The van der Waals surface area contributed by atoms with Gasteiger partial charge in [0.05, 0.1) is 9.95 Å². The molecule has 110 valence electrons. The Hall–Kier alpha value is -2.12. The molecule has 0 radical (unpaired) electrons. The number of nitro benzene ring substituents is 1. The highest BCUT2D eigenvalue weighted by atomic mass is 35.5. The van der Waals surface area contributed by atoms with E-state index in [-0.39, 0.29) is 21.7 Å². The lowest BCUT2D eigenvalue weighted by Crippen LogP contribution is -2.00.